The topological polar surface area (TPSA) is 63.6 Å². The van der Waals surface area contributed by atoms with Crippen molar-refractivity contribution >= 4 is 11.8 Å². The van der Waals surface area contributed by atoms with E-state index in [2.05, 4.69) is 17.7 Å². The summed E-state index contributed by atoms with van der Waals surface area (Å²) in [7, 11) is 1.42. The molecule has 25 heavy (non-hydrogen) atoms. The fraction of sp³-hybridized carbons (Fsp3) is 0.810. The van der Waals surface area contributed by atoms with Gasteiger partial charge in [0.15, 0.2) is 0 Å². The third kappa shape index (κ3) is 9.20. The Labute approximate surface area is 153 Å². The molecule has 1 aliphatic carbocycles. The van der Waals surface area contributed by atoms with Gasteiger partial charge in [0.05, 0.1) is 13.2 Å². The van der Waals surface area contributed by atoms with E-state index in [1.165, 1.54) is 12.7 Å². The number of carbonyl (C=O) groups is 2. The lowest BCUT2D eigenvalue weighted by Gasteiger charge is -2.16. The molecule has 0 aliphatic heterocycles. The molecule has 0 bridgehead atoms. The molecular formula is C21H36O4. The molecule has 0 unspecified atom stereocenters. The molecule has 0 aromatic heterocycles. The van der Waals surface area contributed by atoms with E-state index >= 15 is 0 Å². The molecule has 1 fully saturated rings. The smallest absolute Gasteiger partial charge is 0.305 e. The van der Waals surface area contributed by atoms with Gasteiger partial charge in [-0.15, -0.1) is 0 Å². The maximum atomic E-state index is 11.9. The number of rotatable bonds is 13. The summed E-state index contributed by atoms with van der Waals surface area (Å²) >= 11 is 0. The van der Waals surface area contributed by atoms with Gasteiger partial charge in [0.25, 0.3) is 0 Å². The van der Waals surface area contributed by atoms with Gasteiger partial charge in [-0.05, 0) is 32.1 Å². The molecule has 1 aliphatic rings. The van der Waals surface area contributed by atoms with Crippen LogP contribution < -0.4 is 0 Å². The first-order valence-corrected chi connectivity index (χ1v) is 10.0. The molecule has 1 saturated carbocycles. The van der Waals surface area contributed by atoms with Gasteiger partial charge in [-0.3, -0.25) is 9.59 Å². The zero-order valence-electron chi connectivity index (χ0n) is 16.1. The molecule has 0 heterocycles. The van der Waals surface area contributed by atoms with Crippen LogP contribution >= 0.6 is 0 Å². The SMILES string of the molecule is CCCCCC(=O)CC=C1CC[C@@H](O)[C@@H]1CCCCCCC(=O)OC. The number of unbranched alkanes of at least 4 members (excludes halogenated alkanes) is 5. The number of ketones is 1. The number of hydrogen-bond donors (Lipinski definition) is 1. The second-order valence-corrected chi connectivity index (χ2v) is 7.22. The van der Waals surface area contributed by atoms with Crippen LogP contribution in [0.1, 0.15) is 90.4 Å². The molecule has 4 nitrogen and oxygen atoms in total. The number of Topliss-reactive ketones (excluding diaryl/α,β-unsaturated/α-hetero) is 1. The quantitative estimate of drug-likeness (QED) is 0.295. The highest BCUT2D eigenvalue weighted by Gasteiger charge is 2.29. The van der Waals surface area contributed by atoms with Gasteiger partial charge in [0, 0.05) is 25.2 Å². The number of aliphatic hydroxyl groups excluding tert-OH is 1. The molecule has 0 aromatic carbocycles. The van der Waals surface area contributed by atoms with Crippen LogP contribution in [-0.4, -0.2) is 30.1 Å². The summed E-state index contributed by atoms with van der Waals surface area (Å²) < 4.78 is 4.64. The van der Waals surface area contributed by atoms with Crippen molar-refractivity contribution in [3.8, 4) is 0 Å². The predicted octanol–water partition coefficient (Wildman–Crippen LogP) is 4.74. The van der Waals surface area contributed by atoms with Crippen LogP contribution in [0.2, 0.25) is 0 Å². The summed E-state index contributed by atoms with van der Waals surface area (Å²) in [6.07, 6.45) is 13.6. The van der Waals surface area contributed by atoms with E-state index in [0.717, 1.165) is 64.2 Å². The van der Waals surface area contributed by atoms with E-state index in [-0.39, 0.29) is 18.0 Å². The predicted molar refractivity (Wildman–Crippen MR) is 100 cm³/mol. The maximum Gasteiger partial charge on any atom is 0.305 e. The summed E-state index contributed by atoms with van der Waals surface area (Å²) in [5.41, 5.74) is 1.28. The lowest BCUT2D eigenvalue weighted by molar-refractivity contribution is -0.140. The number of aliphatic hydroxyl groups is 1. The Balaban J connectivity index is 2.27. The third-order valence-corrected chi connectivity index (χ3v) is 5.19. The highest BCUT2D eigenvalue weighted by atomic mass is 16.5. The van der Waals surface area contributed by atoms with Gasteiger partial charge in [0.2, 0.25) is 0 Å². The second-order valence-electron chi connectivity index (χ2n) is 7.22. The van der Waals surface area contributed by atoms with Crippen LogP contribution in [0.15, 0.2) is 11.6 Å². The molecule has 0 amide bonds. The first kappa shape index (κ1) is 21.9. The zero-order valence-corrected chi connectivity index (χ0v) is 16.1. The minimum atomic E-state index is -0.253. The van der Waals surface area contributed by atoms with Crippen molar-refractivity contribution in [2.45, 2.75) is 96.5 Å². The van der Waals surface area contributed by atoms with Crippen molar-refractivity contribution in [1.82, 2.24) is 0 Å². The van der Waals surface area contributed by atoms with E-state index in [1.807, 2.05) is 0 Å². The summed E-state index contributed by atoms with van der Waals surface area (Å²) in [5, 5.41) is 10.2. The van der Waals surface area contributed by atoms with Crippen LogP contribution in [0.25, 0.3) is 0 Å². The van der Waals surface area contributed by atoms with Gasteiger partial charge in [-0.1, -0.05) is 50.7 Å². The van der Waals surface area contributed by atoms with Crippen molar-refractivity contribution in [3.63, 3.8) is 0 Å². The fourth-order valence-electron chi connectivity index (χ4n) is 3.59. The number of esters is 1. The summed E-state index contributed by atoms with van der Waals surface area (Å²) in [6, 6.07) is 0. The molecule has 1 N–H and O–H groups in total. The monoisotopic (exact) mass is 352 g/mol. The van der Waals surface area contributed by atoms with Gasteiger partial charge < -0.3 is 9.84 Å². The average molecular weight is 353 g/mol. The number of hydrogen-bond acceptors (Lipinski definition) is 4. The molecule has 0 spiro atoms. The van der Waals surface area contributed by atoms with Crippen molar-refractivity contribution in [1.29, 1.82) is 0 Å². The van der Waals surface area contributed by atoms with E-state index in [4.69, 9.17) is 0 Å². The number of carbonyl (C=O) groups excluding carboxylic acids is 2. The highest BCUT2D eigenvalue weighted by molar-refractivity contribution is 5.79. The molecule has 0 saturated heterocycles. The van der Waals surface area contributed by atoms with Crippen LogP contribution in [0, 0.1) is 5.92 Å². The number of ether oxygens (including phenoxy) is 1. The van der Waals surface area contributed by atoms with Crippen molar-refractivity contribution in [2.75, 3.05) is 7.11 Å². The highest BCUT2D eigenvalue weighted by Crippen LogP contribution is 2.35. The summed E-state index contributed by atoms with van der Waals surface area (Å²) in [5.74, 6) is 0.410. The van der Waals surface area contributed by atoms with Crippen molar-refractivity contribution in [2.24, 2.45) is 5.92 Å². The number of methoxy groups -OCH3 is 1. The van der Waals surface area contributed by atoms with Crippen LogP contribution in [0.5, 0.6) is 0 Å². The lowest BCUT2D eigenvalue weighted by atomic mass is 9.92. The minimum absolute atomic E-state index is 0.139. The van der Waals surface area contributed by atoms with Gasteiger partial charge in [-0.2, -0.15) is 0 Å². The Bertz CT molecular complexity index is 428. The Morgan fingerprint density at radius 2 is 1.84 bits per heavy atom. The molecule has 144 valence electrons. The standard InChI is InChI=1S/C21H36O4/c1-3-4-7-10-18(22)15-13-17-14-16-20(23)19(17)11-8-5-6-9-12-21(24)25-2/h13,19-20,23H,3-12,14-16H2,1-2H3/t19-,20-/m1/s1. The Kier molecular flexibility index (Phi) is 11.5. The van der Waals surface area contributed by atoms with Crippen molar-refractivity contribution in [3.05, 3.63) is 11.6 Å². The normalized spacial score (nSPS) is 21.6. The average Bonchev–Trinajstić information content (AvgIpc) is 2.96. The molecule has 0 aromatic rings. The fourth-order valence-corrected chi connectivity index (χ4v) is 3.59. The Hall–Kier alpha value is -1.16. The van der Waals surface area contributed by atoms with E-state index < -0.39 is 0 Å². The Morgan fingerprint density at radius 3 is 2.56 bits per heavy atom. The minimum Gasteiger partial charge on any atom is -0.469 e. The first-order chi connectivity index (χ1) is 12.1. The lowest BCUT2D eigenvalue weighted by Crippen LogP contribution is -2.14. The van der Waals surface area contributed by atoms with Gasteiger partial charge >= 0.3 is 5.97 Å². The van der Waals surface area contributed by atoms with Crippen LogP contribution in [-0.2, 0) is 14.3 Å². The molecule has 2 atom stereocenters. The molecule has 0 radical (unpaired) electrons. The summed E-state index contributed by atoms with van der Waals surface area (Å²) in [6.45, 7) is 2.15. The van der Waals surface area contributed by atoms with Crippen LogP contribution in [0.4, 0.5) is 0 Å². The first-order valence-electron chi connectivity index (χ1n) is 10.0. The molecule has 4 heteroatoms. The van der Waals surface area contributed by atoms with Crippen molar-refractivity contribution < 1.29 is 19.4 Å². The summed E-state index contributed by atoms with van der Waals surface area (Å²) in [4.78, 5) is 23.0. The van der Waals surface area contributed by atoms with Crippen LogP contribution in [0.3, 0.4) is 0 Å². The zero-order chi connectivity index (χ0) is 18.5. The third-order valence-electron chi connectivity index (χ3n) is 5.19. The maximum absolute atomic E-state index is 11.9. The molecule has 1 rings (SSSR count). The second kappa shape index (κ2) is 13.1. The number of allylic oxidation sites excluding steroid dienone is 1. The van der Waals surface area contributed by atoms with E-state index in [0.29, 0.717) is 25.0 Å². The van der Waals surface area contributed by atoms with E-state index in [9.17, 15) is 14.7 Å². The van der Waals surface area contributed by atoms with E-state index in [1.54, 1.807) is 0 Å². The Morgan fingerprint density at radius 1 is 1.12 bits per heavy atom. The largest absolute Gasteiger partial charge is 0.469 e. The van der Waals surface area contributed by atoms with Gasteiger partial charge in [0.1, 0.15) is 5.78 Å². The van der Waals surface area contributed by atoms with Gasteiger partial charge in [-0.25, -0.2) is 0 Å². The molecular weight excluding hydrogens is 316 g/mol.